The van der Waals surface area contributed by atoms with Crippen LogP contribution >= 0.6 is 0 Å². The summed E-state index contributed by atoms with van der Waals surface area (Å²) in [5.41, 5.74) is 3.41. The Bertz CT molecular complexity index is 792. The number of nitrogens with zero attached hydrogens (tertiary/aromatic N) is 2. The van der Waals surface area contributed by atoms with Crippen LogP contribution in [0.4, 0.5) is 0 Å². The summed E-state index contributed by atoms with van der Waals surface area (Å²) in [5.74, 6) is -0.526. The Morgan fingerprint density at radius 3 is 2.72 bits per heavy atom. The third-order valence-electron chi connectivity index (χ3n) is 4.90. The second-order valence-electron chi connectivity index (χ2n) is 6.62. The van der Waals surface area contributed by atoms with Gasteiger partial charge in [0, 0.05) is 18.5 Å². The number of aromatic nitrogens is 1. The first-order valence-electron chi connectivity index (χ1n) is 8.43. The first kappa shape index (κ1) is 17.2. The molecule has 1 amide bonds. The largest absolute Gasteiger partial charge is 0.479 e. The SMILES string of the molecule is Cc1noc(C)c1C(C)CC(=O)N1CCc2ccccc2C1C(=O)O. The standard InChI is InChI=1S/C19H22N2O4/c1-11(17-12(2)20-25-13(17)3)10-16(22)21-9-8-14-6-4-5-7-15(14)18(21)19(23)24/h4-7,11,18H,8-10H2,1-3H3,(H,23,24). The summed E-state index contributed by atoms with van der Waals surface area (Å²) >= 11 is 0. The van der Waals surface area contributed by atoms with Crippen molar-refractivity contribution in [3.05, 3.63) is 52.4 Å². The third kappa shape index (κ3) is 3.16. The number of carbonyl (C=O) groups is 2. The summed E-state index contributed by atoms with van der Waals surface area (Å²) in [5, 5.41) is 13.6. The van der Waals surface area contributed by atoms with Crippen LogP contribution in [0.1, 0.15) is 53.4 Å². The minimum absolute atomic E-state index is 0.0784. The summed E-state index contributed by atoms with van der Waals surface area (Å²) in [4.78, 5) is 26.2. The smallest absolute Gasteiger partial charge is 0.331 e. The molecule has 0 aliphatic carbocycles. The zero-order chi connectivity index (χ0) is 18.1. The van der Waals surface area contributed by atoms with E-state index in [1.807, 2.05) is 39.0 Å². The Morgan fingerprint density at radius 2 is 2.08 bits per heavy atom. The highest BCUT2D eigenvalue weighted by Crippen LogP contribution is 2.33. The molecule has 0 radical (unpaired) electrons. The summed E-state index contributed by atoms with van der Waals surface area (Å²) < 4.78 is 5.18. The van der Waals surface area contributed by atoms with Crippen molar-refractivity contribution in [1.29, 1.82) is 0 Å². The molecule has 1 N–H and O–H groups in total. The van der Waals surface area contributed by atoms with Crippen molar-refractivity contribution in [2.75, 3.05) is 6.54 Å². The molecule has 1 aliphatic heterocycles. The van der Waals surface area contributed by atoms with Crippen molar-refractivity contribution >= 4 is 11.9 Å². The summed E-state index contributed by atoms with van der Waals surface area (Å²) in [6.07, 6.45) is 0.903. The molecule has 0 fully saturated rings. The van der Waals surface area contributed by atoms with Crippen molar-refractivity contribution < 1.29 is 19.2 Å². The van der Waals surface area contributed by atoms with Crippen LogP contribution in [0.5, 0.6) is 0 Å². The van der Waals surface area contributed by atoms with Crippen LogP contribution in [0.2, 0.25) is 0 Å². The number of hydrogen-bond acceptors (Lipinski definition) is 4. The molecule has 2 heterocycles. The molecule has 6 heteroatoms. The van der Waals surface area contributed by atoms with Crippen LogP contribution in [0.3, 0.4) is 0 Å². The Morgan fingerprint density at radius 1 is 1.36 bits per heavy atom. The molecule has 1 aliphatic rings. The maximum Gasteiger partial charge on any atom is 0.331 e. The lowest BCUT2D eigenvalue weighted by atomic mass is 9.90. The molecule has 0 saturated heterocycles. The fraction of sp³-hybridized carbons (Fsp3) is 0.421. The molecule has 2 unspecified atom stereocenters. The minimum Gasteiger partial charge on any atom is -0.479 e. The molecule has 2 aromatic rings. The predicted octanol–water partition coefficient (Wildman–Crippen LogP) is 3.00. The van der Waals surface area contributed by atoms with Crippen molar-refractivity contribution in [2.24, 2.45) is 0 Å². The minimum atomic E-state index is -0.995. The quantitative estimate of drug-likeness (QED) is 0.923. The Labute approximate surface area is 146 Å². The molecule has 1 aromatic carbocycles. The van der Waals surface area contributed by atoms with E-state index in [0.29, 0.717) is 24.3 Å². The molecule has 2 atom stereocenters. The topological polar surface area (TPSA) is 83.6 Å². The van der Waals surface area contributed by atoms with E-state index >= 15 is 0 Å². The van der Waals surface area contributed by atoms with Gasteiger partial charge in [0.05, 0.1) is 5.69 Å². The molecule has 1 aromatic heterocycles. The number of aliphatic carboxylic acids is 1. The highest BCUT2D eigenvalue weighted by molar-refractivity contribution is 5.86. The van der Waals surface area contributed by atoms with Crippen molar-refractivity contribution in [1.82, 2.24) is 10.1 Å². The van der Waals surface area contributed by atoms with Gasteiger partial charge in [-0.2, -0.15) is 0 Å². The zero-order valence-corrected chi connectivity index (χ0v) is 14.7. The Hall–Kier alpha value is -2.63. The molecule has 0 saturated carbocycles. The monoisotopic (exact) mass is 342 g/mol. The highest BCUT2D eigenvalue weighted by atomic mass is 16.5. The van der Waals surface area contributed by atoms with Crippen LogP contribution in [-0.4, -0.2) is 33.6 Å². The van der Waals surface area contributed by atoms with E-state index < -0.39 is 12.0 Å². The average molecular weight is 342 g/mol. The molecular weight excluding hydrogens is 320 g/mol. The summed E-state index contributed by atoms with van der Waals surface area (Å²) in [6, 6.07) is 6.52. The van der Waals surface area contributed by atoms with Gasteiger partial charge in [0.2, 0.25) is 5.91 Å². The van der Waals surface area contributed by atoms with Gasteiger partial charge in [-0.15, -0.1) is 0 Å². The van der Waals surface area contributed by atoms with Gasteiger partial charge in [-0.1, -0.05) is 36.3 Å². The number of fused-ring (bicyclic) bond motifs is 1. The second kappa shape index (κ2) is 6.70. The number of carbonyl (C=O) groups excluding carboxylic acids is 1. The number of carboxylic acid groups (broad SMARTS) is 1. The highest BCUT2D eigenvalue weighted by Gasteiger charge is 2.36. The average Bonchev–Trinajstić information content (AvgIpc) is 2.92. The number of aryl methyl sites for hydroxylation is 2. The number of rotatable bonds is 4. The van der Waals surface area contributed by atoms with Crippen LogP contribution < -0.4 is 0 Å². The maximum atomic E-state index is 12.9. The lowest BCUT2D eigenvalue weighted by molar-refractivity contribution is -0.151. The molecule has 132 valence electrons. The van der Waals surface area contributed by atoms with Gasteiger partial charge in [-0.05, 0) is 37.3 Å². The summed E-state index contributed by atoms with van der Waals surface area (Å²) in [6.45, 7) is 6.04. The van der Waals surface area contributed by atoms with Crippen LogP contribution in [0.25, 0.3) is 0 Å². The number of benzene rings is 1. The predicted molar refractivity (Wildman–Crippen MR) is 91.2 cm³/mol. The first-order chi connectivity index (χ1) is 11.9. The van der Waals surface area contributed by atoms with Crippen molar-refractivity contribution in [3.8, 4) is 0 Å². The van der Waals surface area contributed by atoms with Gasteiger partial charge in [0.15, 0.2) is 6.04 Å². The van der Waals surface area contributed by atoms with Crippen LogP contribution in [0, 0.1) is 13.8 Å². The van der Waals surface area contributed by atoms with Crippen molar-refractivity contribution in [2.45, 2.75) is 45.6 Å². The van der Waals surface area contributed by atoms with Gasteiger partial charge in [-0.25, -0.2) is 4.79 Å². The Kier molecular flexibility index (Phi) is 4.61. The third-order valence-corrected chi connectivity index (χ3v) is 4.90. The first-order valence-corrected chi connectivity index (χ1v) is 8.43. The maximum absolute atomic E-state index is 12.9. The second-order valence-corrected chi connectivity index (χ2v) is 6.62. The number of hydrogen-bond donors (Lipinski definition) is 1. The molecular formula is C19H22N2O4. The van der Waals surface area contributed by atoms with E-state index in [9.17, 15) is 14.7 Å². The van der Waals surface area contributed by atoms with Crippen LogP contribution in [0.15, 0.2) is 28.8 Å². The van der Waals surface area contributed by atoms with Gasteiger partial charge < -0.3 is 14.5 Å². The van der Waals surface area contributed by atoms with Gasteiger partial charge in [-0.3, -0.25) is 4.79 Å². The zero-order valence-electron chi connectivity index (χ0n) is 14.7. The normalized spacial score (nSPS) is 17.9. The lowest BCUT2D eigenvalue weighted by Crippen LogP contribution is -2.43. The van der Waals surface area contributed by atoms with Gasteiger partial charge >= 0.3 is 5.97 Å². The molecule has 6 nitrogen and oxygen atoms in total. The van der Waals surface area contributed by atoms with E-state index in [1.54, 1.807) is 6.07 Å². The molecule has 0 spiro atoms. The van der Waals surface area contributed by atoms with E-state index in [0.717, 1.165) is 16.8 Å². The van der Waals surface area contributed by atoms with E-state index in [2.05, 4.69) is 5.16 Å². The molecule has 25 heavy (non-hydrogen) atoms. The number of carboxylic acids is 1. The fourth-order valence-electron chi connectivity index (χ4n) is 3.78. The van der Waals surface area contributed by atoms with E-state index in [-0.39, 0.29) is 18.2 Å². The van der Waals surface area contributed by atoms with Crippen molar-refractivity contribution in [3.63, 3.8) is 0 Å². The number of amides is 1. The summed E-state index contributed by atoms with van der Waals surface area (Å²) in [7, 11) is 0. The lowest BCUT2D eigenvalue weighted by Gasteiger charge is -2.35. The van der Waals surface area contributed by atoms with Gasteiger partial charge in [0.25, 0.3) is 0 Å². The molecule has 0 bridgehead atoms. The van der Waals surface area contributed by atoms with Gasteiger partial charge in [0.1, 0.15) is 5.76 Å². The molecule has 3 rings (SSSR count). The van der Waals surface area contributed by atoms with Crippen LogP contribution in [-0.2, 0) is 16.0 Å². The Balaban J connectivity index is 1.83. The fourth-order valence-corrected chi connectivity index (χ4v) is 3.78. The van der Waals surface area contributed by atoms with E-state index in [4.69, 9.17) is 4.52 Å². The van der Waals surface area contributed by atoms with E-state index in [1.165, 1.54) is 4.90 Å².